The molecule has 7 nitrogen and oxygen atoms in total. The first-order chi connectivity index (χ1) is 11.3. The molecule has 0 aliphatic carbocycles. The summed E-state index contributed by atoms with van der Waals surface area (Å²) in [6.45, 7) is 7.18. The molecule has 0 saturated heterocycles. The van der Waals surface area contributed by atoms with Gasteiger partial charge in [-0.05, 0) is 33.3 Å². The SMILES string of the molecule is CCOC(=O)N1NC=NC1(Cc1ccccc1)C(=O)OC(C)(C)C. The third kappa shape index (κ3) is 3.84. The van der Waals surface area contributed by atoms with Gasteiger partial charge in [0.1, 0.15) is 11.9 Å². The first-order valence-corrected chi connectivity index (χ1v) is 7.83. The van der Waals surface area contributed by atoms with Crippen molar-refractivity contribution >= 4 is 18.4 Å². The van der Waals surface area contributed by atoms with Crippen LogP contribution in [0.15, 0.2) is 35.3 Å². The van der Waals surface area contributed by atoms with E-state index < -0.39 is 23.3 Å². The van der Waals surface area contributed by atoms with E-state index in [0.717, 1.165) is 10.6 Å². The van der Waals surface area contributed by atoms with Gasteiger partial charge in [-0.1, -0.05) is 30.3 Å². The number of rotatable bonds is 4. The molecule has 0 radical (unpaired) electrons. The number of carbonyl (C=O) groups is 2. The zero-order valence-corrected chi connectivity index (χ0v) is 14.4. The van der Waals surface area contributed by atoms with Crippen LogP contribution in [0, 0.1) is 0 Å². The lowest BCUT2D eigenvalue weighted by atomic mass is 9.99. The highest BCUT2D eigenvalue weighted by Gasteiger charge is 2.52. The molecular weight excluding hydrogens is 310 g/mol. The molecular formula is C17H23N3O4. The number of nitrogens with zero attached hydrogens (tertiary/aromatic N) is 2. The molecule has 130 valence electrons. The quantitative estimate of drug-likeness (QED) is 0.855. The first kappa shape index (κ1) is 17.8. The van der Waals surface area contributed by atoms with Crippen molar-refractivity contribution in [3.8, 4) is 0 Å². The Labute approximate surface area is 141 Å². The Hall–Kier alpha value is -2.57. The maximum atomic E-state index is 12.9. The monoisotopic (exact) mass is 333 g/mol. The van der Waals surface area contributed by atoms with Crippen LogP contribution in [0.3, 0.4) is 0 Å². The fourth-order valence-electron chi connectivity index (χ4n) is 2.33. The number of aliphatic imine (C=N–C) groups is 1. The third-order valence-corrected chi connectivity index (χ3v) is 3.30. The fourth-order valence-corrected chi connectivity index (χ4v) is 2.33. The van der Waals surface area contributed by atoms with Crippen molar-refractivity contribution in [2.24, 2.45) is 4.99 Å². The summed E-state index contributed by atoms with van der Waals surface area (Å²) in [7, 11) is 0. The molecule has 1 unspecified atom stereocenters. The van der Waals surface area contributed by atoms with Crippen LogP contribution < -0.4 is 5.43 Å². The highest BCUT2D eigenvalue weighted by atomic mass is 16.6. The van der Waals surface area contributed by atoms with Gasteiger partial charge in [-0.3, -0.25) is 5.43 Å². The summed E-state index contributed by atoms with van der Waals surface area (Å²) < 4.78 is 10.5. The summed E-state index contributed by atoms with van der Waals surface area (Å²) in [5, 5.41) is 1.08. The Morgan fingerprint density at radius 3 is 2.50 bits per heavy atom. The van der Waals surface area contributed by atoms with E-state index in [9.17, 15) is 9.59 Å². The van der Waals surface area contributed by atoms with Gasteiger partial charge in [0.2, 0.25) is 0 Å². The van der Waals surface area contributed by atoms with Crippen LogP contribution in [0.2, 0.25) is 0 Å². The Morgan fingerprint density at radius 2 is 1.92 bits per heavy atom. The average Bonchev–Trinajstić information content (AvgIpc) is 2.92. The molecule has 1 atom stereocenters. The summed E-state index contributed by atoms with van der Waals surface area (Å²) in [5.41, 5.74) is 1.28. The number of carbonyl (C=O) groups excluding carboxylic acids is 2. The van der Waals surface area contributed by atoms with Crippen molar-refractivity contribution in [3.63, 3.8) is 0 Å². The molecule has 0 aromatic heterocycles. The maximum absolute atomic E-state index is 12.9. The molecule has 0 saturated carbocycles. The molecule has 1 N–H and O–H groups in total. The lowest BCUT2D eigenvalue weighted by molar-refractivity contribution is -0.168. The number of benzene rings is 1. The second kappa shape index (κ2) is 6.90. The van der Waals surface area contributed by atoms with Crippen LogP contribution in [0.25, 0.3) is 0 Å². The number of hydrogen-bond donors (Lipinski definition) is 1. The topological polar surface area (TPSA) is 80.2 Å². The average molecular weight is 333 g/mol. The number of hydrazine groups is 1. The van der Waals surface area contributed by atoms with Crippen LogP contribution >= 0.6 is 0 Å². The van der Waals surface area contributed by atoms with Gasteiger partial charge < -0.3 is 9.47 Å². The van der Waals surface area contributed by atoms with Crippen molar-refractivity contribution in [3.05, 3.63) is 35.9 Å². The summed E-state index contributed by atoms with van der Waals surface area (Å²) in [4.78, 5) is 29.4. The lowest BCUT2D eigenvalue weighted by Crippen LogP contribution is -2.59. The van der Waals surface area contributed by atoms with E-state index in [4.69, 9.17) is 9.47 Å². The Bertz CT molecular complexity index is 624. The van der Waals surface area contributed by atoms with Crippen LogP contribution in [-0.4, -0.2) is 41.3 Å². The lowest BCUT2D eigenvalue weighted by Gasteiger charge is -2.34. The van der Waals surface area contributed by atoms with Gasteiger partial charge in [0, 0.05) is 6.42 Å². The molecule has 1 aromatic rings. The third-order valence-electron chi connectivity index (χ3n) is 3.30. The van der Waals surface area contributed by atoms with Crippen molar-refractivity contribution in [1.82, 2.24) is 10.4 Å². The minimum absolute atomic E-state index is 0.172. The van der Waals surface area contributed by atoms with Crippen molar-refractivity contribution in [2.45, 2.75) is 45.4 Å². The van der Waals surface area contributed by atoms with E-state index in [1.165, 1.54) is 6.34 Å². The molecule has 7 heteroatoms. The van der Waals surface area contributed by atoms with Crippen molar-refractivity contribution in [2.75, 3.05) is 6.61 Å². The van der Waals surface area contributed by atoms with E-state index >= 15 is 0 Å². The standard InChI is InChI=1S/C17H23N3O4/c1-5-23-15(22)20-17(18-12-19-20,14(21)24-16(2,3)4)11-13-9-7-6-8-10-13/h6-10,12H,5,11H2,1-4H3,(H,18,19). The maximum Gasteiger partial charge on any atom is 0.431 e. The van der Waals surface area contributed by atoms with Crippen LogP contribution in [-0.2, 0) is 20.7 Å². The van der Waals surface area contributed by atoms with Gasteiger partial charge >= 0.3 is 12.1 Å². The normalized spacial score (nSPS) is 19.8. The van der Waals surface area contributed by atoms with Gasteiger partial charge in [-0.15, -0.1) is 0 Å². The second-order valence-corrected chi connectivity index (χ2v) is 6.40. The molecule has 1 amide bonds. The van der Waals surface area contributed by atoms with Gasteiger partial charge in [-0.25, -0.2) is 14.6 Å². The van der Waals surface area contributed by atoms with E-state index in [1.54, 1.807) is 27.7 Å². The number of amides is 1. The highest BCUT2D eigenvalue weighted by molar-refractivity contribution is 5.90. The molecule has 0 bridgehead atoms. The molecule has 1 aromatic carbocycles. The Balaban J connectivity index is 2.38. The molecule has 1 aliphatic rings. The first-order valence-electron chi connectivity index (χ1n) is 7.83. The van der Waals surface area contributed by atoms with E-state index in [-0.39, 0.29) is 13.0 Å². The zero-order chi connectivity index (χ0) is 17.8. The summed E-state index contributed by atoms with van der Waals surface area (Å²) in [6.07, 6.45) is 0.797. The Morgan fingerprint density at radius 1 is 1.25 bits per heavy atom. The van der Waals surface area contributed by atoms with Gasteiger partial charge in [0.05, 0.1) is 6.61 Å². The number of hydrogen-bond acceptors (Lipinski definition) is 6. The number of esters is 1. The highest BCUT2D eigenvalue weighted by Crippen LogP contribution is 2.28. The predicted octanol–water partition coefficient (Wildman–Crippen LogP) is 2.27. The molecule has 1 heterocycles. The van der Waals surface area contributed by atoms with Crippen LogP contribution in [0.1, 0.15) is 33.3 Å². The predicted molar refractivity (Wildman–Crippen MR) is 89.2 cm³/mol. The number of ether oxygens (including phenoxy) is 2. The smallest absolute Gasteiger partial charge is 0.431 e. The molecule has 2 rings (SSSR count). The zero-order valence-electron chi connectivity index (χ0n) is 14.4. The minimum atomic E-state index is -1.54. The molecule has 24 heavy (non-hydrogen) atoms. The largest absolute Gasteiger partial charge is 0.457 e. The molecule has 0 spiro atoms. The second-order valence-electron chi connectivity index (χ2n) is 6.40. The number of nitrogens with one attached hydrogen (secondary N) is 1. The van der Waals surface area contributed by atoms with E-state index in [1.807, 2.05) is 30.3 Å². The molecule has 1 aliphatic heterocycles. The van der Waals surface area contributed by atoms with Gasteiger partial charge in [-0.2, -0.15) is 5.01 Å². The van der Waals surface area contributed by atoms with Crippen molar-refractivity contribution in [1.29, 1.82) is 0 Å². The van der Waals surface area contributed by atoms with Gasteiger partial charge in [0.15, 0.2) is 0 Å². The van der Waals surface area contributed by atoms with Crippen LogP contribution in [0.5, 0.6) is 0 Å². The summed E-state index contributed by atoms with van der Waals surface area (Å²) >= 11 is 0. The van der Waals surface area contributed by atoms with Crippen molar-refractivity contribution < 1.29 is 19.1 Å². The summed E-state index contributed by atoms with van der Waals surface area (Å²) in [6, 6.07) is 9.33. The molecule has 0 fully saturated rings. The summed E-state index contributed by atoms with van der Waals surface area (Å²) in [5.74, 6) is -0.617. The van der Waals surface area contributed by atoms with E-state index in [0.29, 0.717) is 0 Å². The van der Waals surface area contributed by atoms with Gasteiger partial charge in [0.25, 0.3) is 5.66 Å². The van der Waals surface area contributed by atoms with E-state index in [2.05, 4.69) is 10.4 Å². The minimum Gasteiger partial charge on any atom is -0.457 e. The Kier molecular flexibility index (Phi) is 5.11. The van der Waals surface area contributed by atoms with Crippen LogP contribution in [0.4, 0.5) is 4.79 Å². The fraction of sp³-hybridized carbons (Fsp3) is 0.471.